The second-order valence-electron chi connectivity index (χ2n) is 4.60. The molecule has 2 heterocycles. The Morgan fingerprint density at radius 2 is 2.18 bits per heavy atom. The third kappa shape index (κ3) is 2.24. The molecule has 0 saturated carbocycles. The van der Waals surface area contributed by atoms with Crippen LogP contribution in [-0.2, 0) is 0 Å². The van der Waals surface area contributed by atoms with Crippen LogP contribution in [0.3, 0.4) is 0 Å². The largest absolute Gasteiger partial charge is 0.359 e. The van der Waals surface area contributed by atoms with Crippen LogP contribution < -0.4 is 10.6 Å². The van der Waals surface area contributed by atoms with Gasteiger partial charge in [0, 0.05) is 36.1 Å². The van der Waals surface area contributed by atoms with Gasteiger partial charge in [0.2, 0.25) is 0 Å². The number of rotatable bonds is 1. The standard InChI is InChI=1S/C14H17N3/c1-2-6-13-12(4-1)9-16-14(10-17-13)11-5-3-7-15-8-11/h1-2,4,6,9-11,15,17H,3,5,7-8H2. The smallest absolute Gasteiger partial charge is 0.0607 e. The van der Waals surface area contributed by atoms with Crippen LogP contribution in [0.2, 0.25) is 0 Å². The number of nitrogens with one attached hydrogen (secondary N) is 2. The van der Waals surface area contributed by atoms with Crippen LogP contribution in [0.15, 0.2) is 41.2 Å². The lowest BCUT2D eigenvalue weighted by molar-refractivity contribution is 0.420. The van der Waals surface area contributed by atoms with E-state index in [1.807, 2.05) is 18.3 Å². The molecule has 88 valence electrons. The Morgan fingerprint density at radius 1 is 1.24 bits per heavy atom. The van der Waals surface area contributed by atoms with Gasteiger partial charge in [0.05, 0.1) is 5.70 Å². The minimum absolute atomic E-state index is 0.543. The first-order valence-corrected chi connectivity index (χ1v) is 6.24. The number of hydrogen-bond acceptors (Lipinski definition) is 3. The van der Waals surface area contributed by atoms with E-state index < -0.39 is 0 Å². The van der Waals surface area contributed by atoms with E-state index in [2.05, 4.69) is 34.0 Å². The molecule has 2 aliphatic heterocycles. The number of fused-ring (bicyclic) bond motifs is 1. The van der Waals surface area contributed by atoms with E-state index in [0.717, 1.165) is 30.0 Å². The van der Waals surface area contributed by atoms with Crippen LogP contribution in [0.1, 0.15) is 18.4 Å². The number of aliphatic imine (C=N–C) groups is 1. The highest BCUT2D eigenvalue weighted by molar-refractivity contribution is 5.89. The Hall–Kier alpha value is -1.61. The number of hydrogen-bond donors (Lipinski definition) is 2. The summed E-state index contributed by atoms with van der Waals surface area (Å²) in [5.74, 6) is 0.543. The molecule has 2 N–H and O–H groups in total. The third-order valence-electron chi connectivity index (χ3n) is 3.40. The Morgan fingerprint density at radius 3 is 3.06 bits per heavy atom. The topological polar surface area (TPSA) is 36.4 Å². The van der Waals surface area contributed by atoms with Crippen LogP contribution in [0.25, 0.3) is 0 Å². The molecule has 2 aliphatic rings. The van der Waals surface area contributed by atoms with E-state index in [4.69, 9.17) is 0 Å². The molecule has 0 spiro atoms. The number of nitrogens with zero attached hydrogens (tertiary/aromatic N) is 1. The fraction of sp³-hybridized carbons (Fsp3) is 0.357. The average Bonchev–Trinajstić information content (AvgIpc) is 2.62. The van der Waals surface area contributed by atoms with E-state index in [1.165, 1.54) is 12.8 Å². The Kier molecular flexibility index (Phi) is 2.92. The second kappa shape index (κ2) is 4.72. The molecule has 1 fully saturated rings. The maximum Gasteiger partial charge on any atom is 0.0607 e. The van der Waals surface area contributed by atoms with Gasteiger partial charge in [0.15, 0.2) is 0 Å². The lowest BCUT2D eigenvalue weighted by atomic mass is 9.97. The second-order valence-corrected chi connectivity index (χ2v) is 4.60. The van der Waals surface area contributed by atoms with E-state index in [-0.39, 0.29) is 0 Å². The quantitative estimate of drug-likeness (QED) is 0.772. The molecule has 3 heteroatoms. The summed E-state index contributed by atoms with van der Waals surface area (Å²) in [6.07, 6.45) is 6.49. The molecular formula is C14H17N3. The molecular weight excluding hydrogens is 210 g/mol. The SMILES string of the molecule is C1=NC(C2CCCNC2)=CNc2ccccc21. The normalized spacial score (nSPS) is 23.3. The lowest BCUT2D eigenvalue weighted by Gasteiger charge is -2.22. The molecule has 1 atom stereocenters. The zero-order valence-corrected chi connectivity index (χ0v) is 9.82. The highest BCUT2D eigenvalue weighted by Gasteiger charge is 2.18. The molecule has 1 aromatic rings. The average molecular weight is 227 g/mol. The van der Waals surface area contributed by atoms with Crippen molar-refractivity contribution in [3.63, 3.8) is 0 Å². The molecule has 1 unspecified atom stereocenters. The fourth-order valence-corrected chi connectivity index (χ4v) is 2.40. The monoisotopic (exact) mass is 227 g/mol. The Bertz CT molecular complexity index is 456. The highest BCUT2D eigenvalue weighted by atomic mass is 14.9. The summed E-state index contributed by atoms with van der Waals surface area (Å²) >= 11 is 0. The first kappa shape index (κ1) is 10.5. The van der Waals surface area contributed by atoms with Crippen molar-refractivity contribution in [3.05, 3.63) is 41.7 Å². The van der Waals surface area contributed by atoms with Crippen LogP contribution >= 0.6 is 0 Å². The summed E-state index contributed by atoms with van der Waals surface area (Å²) in [5.41, 5.74) is 3.45. The van der Waals surface area contributed by atoms with Crippen molar-refractivity contribution in [1.29, 1.82) is 0 Å². The van der Waals surface area contributed by atoms with Gasteiger partial charge in [-0.1, -0.05) is 18.2 Å². The summed E-state index contributed by atoms with van der Waals surface area (Å²) in [4.78, 5) is 4.62. The van der Waals surface area contributed by atoms with Crippen molar-refractivity contribution in [3.8, 4) is 0 Å². The molecule has 0 radical (unpaired) electrons. The Labute approximate surface area is 102 Å². The summed E-state index contributed by atoms with van der Waals surface area (Å²) in [5, 5.41) is 6.79. The van der Waals surface area contributed by atoms with Crippen LogP contribution in [0, 0.1) is 5.92 Å². The molecule has 0 aliphatic carbocycles. The van der Waals surface area contributed by atoms with E-state index in [1.54, 1.807) is 0 Å². The summed E-state index contributed by atoms with van der Waals surface area (Å²) in [6.45, 7) is 2.18. The molecule has 0 aromatic heterocycles. The first-order valence-electron chi connectivity index (χ1n) is 6.24. The molecule has 1 aromatic carbocycles. The van der Waals surface area contributed by atoms with Gasteiger partial charge in [-0.05, 0) is 25.5 Å². The van der Waals surface area contributed by atoms with Crippen molar-refractivity contribution in [1.82, 2.24) is 5.32 Å². The van der Waals surface area contributed by atoms with Gasteiger partial charge in [-0.25, -0.2) is 0 Å². The van der Waals surface area contributed by atoms with Crippen LogP contribution in [0.4, 0.5) is 5.69 Å². The summed E-state index contributed by atoms with van der Waals surface area (Å²) in [7, 11) is 0. The van der Waals surface area contributed by atoms with Crippen molar-refractivity contribution >= 4 is 11.9 Å². The van der Waals surface area contributed by atoms with Gasteiger partial charge in [-0.3, -0.25) is 4.99 Å². The molecule has 3 nitrogen and oxygen atoms in total. The predicted molar refractivity (Wildman–Crippen MR) is 71.3 cm³/mol. The Balaban J connectivity index is 1.83. The van der Waals surface area contributed by atoms with Crippen LogP contribution in [0.5, 0.6) is 0 Å². The lowest BCUT2D eigenvalue weighted by Crippen LogP contribution is -2.30. The minimum atomic E-state index is 0.543. The number of anilines is 1. The van der Waals surface area contributed by atoms with Gasteiger partial charge >= 0.3 is 0 Å². The van der Waals surface area contributed by atoms with Gasteiger partial charge < -0.3 is 10.6 Å². The van der Waals surface area contributed by atoms with Gasteiger partial charge in [0.1, 0.15) is 0 Å². The molecule has 3 rings (SSSR count). The molecule has 1 saturated heterocycles. The molecule has 17 heavy (non-hydrogen) atoms. The van der Waals surface area contributed by atoms with Gasteiger partial charge in [-0.2, -0.15) is 0 Å². The van der Waals surface area contributed by atoms with Crippen molar-refractivity contribution in [2.24, 2.45) is 10.9 Å². The maximum absolute atomic E-state index is 4.62. The third-order valence-corrected chi connectivity index (χ3v) is 3.40. The molecule has 0 amide bonds. The summed E-state index contributed by atoms with van der Waals surface area (Å²) in [6, 6.07) is 8.25. The minimum Gasteiger partial charge on any atom is -0.359 e. The van der Waals surface area contributed by atoms with Crippen LogP contribution in [-0.4, -0.2) is 19.3 Å². The fourth-order valence-electron chi connectivity index (χ4n) is 2.40. The van der Waals surface area contributed by atoms with Gasteiger partial charge in [0.25, 0.3) is 0 Å². The zero-order chi connectivity index (χ0) is 11.5. The van der Waals surface area contributed by atoms with Crippen molar-refractivity contribution < 1.29 is 0 Å². The van der Waals surface area contributed by atoms with Crippen molar-refractivity contribution in [2.75, 3.05) is 18.4 Å². The van der Waals surface area contributed by atoms with E-state index >= 15 is 0 Å². The molecule has 0 bridgehead atoms. The number of benzene rings is 1. The highest BCUT2D eigenvalue weighted by Crippen LogP contribution is 2.24. The maximum atomic E-state index is 4.62. The number of para-hydroxylation sites is 1. The van der Waals surface area contributed by atoms with Crippen molar-refractivity contribution in [2.45, 2.75) is 12.8 Å². The summed E-state index contributed by atoms with van der Waals surface area (Å²) < 4.78 is 0. The van der Waals surface area contributed by atoms with Gasteiger partial charge in [-0.15, -0.1) is 0 Å². The number of piperidine rings is 1. The van der Waals surface area contributed by atoms with E-state index in [0.29, 0.717) is 5.92 Å². The first-order chi connectivity index (χ1) is 8.43. The van der Waals surface area contributed by atoms with E-state index in [9.17, 15) is 0 Å². The predicted octanol–water partition coefficient (Wildman–Crippen LogP) is 2.37. The zero-order valence-electron chi connectivity index (χ0n) is 9.82.